The van der Waals surface area contributed by atoms with Gasteiger partial charge in [0.1, 0.15) is 11.3 Å². The van der Waals surface area contributed by atoms with Gasteiger partial charge in [-0.05, 0) is 12.3 Å². The Kier molecular flexibility index (Phi) is 3.17. The van der Waals surface area contributed by atoms with Gasteiger partial charge in [-0.2, -0.15) is 0 Å². The lowest BCUT2D eigenvalue weighted by molar-refractivity contribution is -0.141. The van der Waals surface area contributed by atoms with Gasteiger partial charge in [0.05, 0.1) is 6.61 Å². The molecule has 0 aliphatic heterocycles. The van der Waals surface area contributed by atoms with Gasteiger partial charge in [0.2, 0.25) is 0 Å². The van der Waals surface area contributed by atoms with Crippen LogP contribution in [0.3, 0.4) is 0 Å². The Bertz CT molecular complexity index is 325. The first kappa shape index (κ1) is 11.8. The molecular weight excluding hydrogens is 196 g/mol. The fourth-order valence-corrected chi connectivity index (χ4v) is 1.72. The number of hydrogen-bond acceptors (Lipinski definition) is 4. The van der Waals surface area contributed by atoms with E-state index in [9.17, 15) is 14.7 Å². The molecule has 0 amide bonds. The Morgan fingerprint density at radius 1 is 1.47 bits per heavy atom. The van der Waals surface area contributed by atoms with Crippen LogP contribution in [0, 0.1) is 5.41 Å². The molecule has 0 saturated carbocycles. The molecule has 0 radical (unpaired) electrons. The van der Waals surface area contributed by atoms with Gasteiger partial charge in [0, 0.05) is 12.8 Å². The summed E-state index contributed by atoms with van der Waals surface area (Å²) in [5, 5.41) is 9.63. The second-order valence-corrected chi connectivity index (χ2v) is 4.48. The van der Waals surface area contributed by atoms with Crippen molar-refractivity contribution in [3.8, 4) is 0 Å². The van der Waals surface area contributed by atoms with E-state index in [1.54, 1.807) is 6.92 Å². The Balaban J connectivity index is 2.97. The quantitative estimate of drug-likeness (QED) is 0.559. The van der Waals surface area contributed by atoms with Crippen LogP contribution in [0.1, 0.15) is 33.6 Å². The third-order valence-corrected chi connectivity index (χ3v) is 2.33. The molecular formula is C11H16O4. The minimum atomic E-state index is -0.713. The molecule has 0 aromatic heterocycles. The highest BCUT2D eigenvalue weighted by atomic mass is 16.5. The number of carbonyl (C=O) groups excluding carboxylic acids is 2. The van der Waals surface area contributed by atoms with Crippen LogP contribution >= 0.6 is 0 Å². The molecule has 1 aliphatic rings. The number of aliphatic hydroxyl groups is 1. The van der Waals surface area contributed by atoms with Crippen molar-refractivity contribution in [3.05, 3.63) is 11.3 Å². The van der Waals surface area contributed by atoms with Crippen molar-refractivity contribution in [1.29, 1.82) is 0 Å². The summed E-state index contributed by atoms with van der Waals surface area (Å²) in [5.41, 5.74) is -0.451. The molecule has 0 saturated heterocycles. The molecule has 0 unspecified atom stereocenters. The van der Waals surface area contributed by atoms with Crippen molar-refractivity contribution in [2.45, 2.75) is 33.6 Å². The largest absolute Gasteiger partial charge is 0.511 e. The van der Waals surface area contributed by atoms with Crippen LogP contribution < -0.4 is 0 Å². The summed E-state index contributed by atoms with van der Waals surface area (Å²) in [6, 6.07) is 0. The number of ketones is 1. The van der Waals surface area contributed by atoms with E-state index in [1.807, 2.05) is 13.8 Å². The maximum absolute atomic E-state index is 11.6. The van der Waals surface area contributed by atoms with Crippen LogP contribution in [0.2, 0.25) is 0 Å². The van der Waals surface area contributed by atoms with Crippen molar-refractivity contribution < 1.29 is 19.4 Å². The molecule has 1 aliphatic carbocycles. The summed E-state index contributed by atoms with van der Waals surface area (Å²) < 4.78 is 4.71. The second kappa shape index (κ2) is 4.04. The van der Waals surface area contributed by atoms with Gasteiger partial charge in [-0.25, -0.2) is 4.79 Å². The fraction of sp³-hybridized carbons (Fsp3) is 0.636. The average molecular weight is 212 g/mol. The van der Waals surface area contributed by atoms with Gasteiger partial charge in [0.15, 0.2) is 5.78 Å². The highest BCUT2D eigenvalue weighted by Gasteiger charge is 2.36. The number of carbonyl (C=O) groups is 2. The molecule has 0 fully saturated rings. The summed E-state index contributed by atoms with van der Waals surface area (Å²) >= 11 is 0. The molecule has 0 aromatic carbocycles. The van der Waals surface area contributed by atoms with Crippen molar-refractivity contribution in [2.24, 2.45) is 5.41 Å². The molecule has 4 heteroatoms. The van der Waals surface area contributed by atoms with Gasteiger partial charge in [-0.1, -0.05) is 13.8 Å². The molecule has 0 aromatic rings. The van der Waals surface area contributed by atoms with E-state index in [0.717, 1.165) is 0 Å². The smallest absolute Gasteiger partial charge is 0.345 e. The maximum atomic E-state index is 11.6. The van der Waals surface area contributed by atoms with Crippen LogP contribution in [-0.2, 0) is 14.3 Å². The van der Waals surface area contributed by atoms with E-state index in [0.29, 0.717) is 6.42 Å². The molecule has 0 spiro atoms. The van der Waals surface area contributed by atoms with E-state index in [4.69, 9.17) is 4.74 Å². The van der Waals surface area contributed by atoms with E-state index < -0.39 is 5.97 Å². The summed E-state index contributed by atoms with van der Waals surface area (Å²) in [6.45, 7) is 5.62. The van der Waals surface area contributed by atoms with Crippen LogP contribution in [-0.4, -0.2) is 23.5 Å². The second-order valence-electron chi connectivity index (χ2n) is 4.48. The lowest BCUT2D eigenvalue weighted by Gasteiger charge is -2.28. The summed E-state index contributed by atoms with van der Waals surface area (Å²) in [6.07, 6.45) is 0.609. The first-order valence-corrected chi connectivity index (χ1v) is 5.00. The number of allylic oxidation sites excluding steroid dienone is 1. The number of hydrogen-bond donors (Lipinski definition) is 1. The molecule has 1 rings (SSSR count). The zero-order chi connectivity index (χ0) is 11.6. The predicted molar refractivity (Wildman–Crippen MR) is 54.3 cm³/mol. The summed E-state index contributed by atoms with van der Waals surface area (Å²) in [4.78, 5) is 23.0. The number of esters is 1. The fourth-order valence-electron chi connectivity index (χ4n) is 1.72. The first-order chi connectivity index (χ1) is 6.87. The number of ether oxygens (including phenoxy) is 1. The third kappa shape index (κ3) is 2.58. The molecule has 0 heterocycles. The standard InChI is InChI=1S/C11H16O4/c1-4-15-10(14)9-7(12)5-11(2,3)6-8(9)13/h12H,4-6H2,1-3H3. The Hall–Kier alpha value is -1.32. The minimum absolute atomic E-state index is 0.144. The van der Waals surface area contributed by atoms with Gasteiger partial charge in [-0.15, -0.1) is 0 Å². The SMILES string of the molecule is CCOC(=O)C1=C(O)CC(C)(C)CC1=O. The highest BCUT2D eigenvalue weighted by Crippen LogP contribution is 2.35. The Morgan fingerprint density at radius 2 is 2.07 bits per heavy atom. The number of Topliss-reactive ketones (excluding diaryl/α,β-unsaturated/α-hetero) is 1. The van der Waals surface area contributed by atoms with Crippen LogP contribution in [0.5, 0.6) is 0 Å². The molecule has 1 N–H and O–H groups in total. The summed E-state index contributed by atoms with van der Waals surface area (Å²) in [7, 11) is 0. The zero-order valence-corrected chi connectivity index (χ0v) is 9.29. The van der Waals surface area contributed by atoms with Crippen LogP contribution in [0.15, 0.2) is 11.3 Å². The molecule has 0 bridgehead atoms. The van der Waals surface area contributed by atoms with Gasteiger partial charge < -0.3 is 9.84 Å². The van der Waals surface area contributed by atoms with Crippen molar-refractivity contribution in [3.63, 3.8) is 0 Å². The lowest BCUT2D eigenvalue weighted by atomic mass is 9.76. The van der Waals surface area contributed by atoms with E-state index in [1.165, 1.54) is 0 Å². The molecule has 84 valence electrons. The molecule has 0 atom stereocenters. The Labute approximate surface area is 88.9 Å². The van der Waals surface area contributed by atoms with Crippen molar-refractivity contribution >= 4 is 11.8 Å². The molecule has 15 heavy (non-hydrogen) atoms. The summed E-state index contributed by atoms with van der Waals surface area (Å²) in [5.74, 6) is -1.19. The van der Waals surface area contributed by atoms with Gasteiger partial charge >= 0.3 is 5.97 Å². The molecule has 4 nitrogen and oxygen atoms in total. The van der Waals surface area contributed by atoms with Crippen molar-refractivity contribution in [1.82, 2.24) is 0 Å². The maximum Gasteiger partial charge on any atom is 0.345 e. The topological polar surface area (TPSA) is 63.6 Å². The normalized spacial score (nSPS) is 20.3. The Morgan fingerprint density at radius 3 is 2.53 bits per heavy atom. The van der Waals surface area contributed by atoms with E-state index in [2.05, 4.69) is 0 Å². The van der Waals surface area contributed by atoms with Crippen LogP contribution in [0.4, 0.5) is 0 Å². The van der Waals surface area contributed by atoms with Crippen LogP contribution in [0.25, 0.3) is 0 Å². The van der Waals surface area contributed by atoms with E-state index >= 15 is 0 Å². The number of aliphatic hydroxyl groups excluding tert-OH is 1. The monoisotopic (exact) mass is 212 g/mol. The van der Waals surface area contributed by atoms with E-state index in [-0.39, 0.29) is 35.6 Å². The average Bonchev–Trinajstić information content (AvgIpc) is 1.99. The number of rotatable bonds is 2. The van der Waals surface area contributed by atoms with Crippen molar-refractivity contribution in [2.75, 3.05) is 6.61 Å². The lowest BCUT2D eigenvalue weighted by Crippen LogP contribution is -2.30. The van der Waals surface area contributed by atoms with Gasteiger partial charge in [0.25, 0.3) is 0 Å². The minimum Gasteiger partial charge on any atom is -0.511 e. The third-order valence-electron chi connectivity index (χ3n) is 2.33. The van der Waals surface area contributed by atoms with Gasteiger partial charge in [-0.3, -0.25) is 4.79 Å². The first-order valence-electron chi connectivity index (χ1n) is 5.00. The predicted octanol–water partition coefficient (Wildman–Crippen LogP) is 1.75. The zero-order valence-electron chi connectivity index (χ0n) is 9.29. The highest BCUT2D eigenvalue weighted by molar-refractivity contribution is 6.18.